The molecule has 20 heavy (non-hydrogen) atoms. The average molecular weight is 271 g/mol. The first kappa shape index (κ1) is 13.2. The van der Waals surface area contributed by atoms with Gasteiger partial charge in [-0.1, -0.05) is 38.8 Å². The lowest BCUT2D eigenvalue weighted by Crippen LogP contribution is -2.33. The molecule has 0 saturated carbocycles. The van der Waals surface area contributed by atoms with Crippen molar-refractivity contribution in [2.45, 2.75) is 45.6 Å². The Morgan fingerprint density at radius 1 is 1.30 bits per heavy atom. The van der Waals surface area contributed by atoms with Gasteiger partial charge in [0, 0.05) is 6.42 Å². The average Bonchev–Trinajstić information content (AvgIpc) is 3.24. The van der Waals surface area contributed by atoms with Crippen LogP contribution < -0.4 is 10.6 Å². The Morgan fingerprint density at radius 3 is 2.85 bits per heavy atom. The second-order valence-corrected chi connectivity index (χ2v) is 5.43. The van der Waals surface area contributed by atoms with Gasteiger partial charge >= 0.3 is 0 Å². The van der Waals surface area contributed by atoms with Crippen LogP contribution in [0, 0.1) is 0 Å². The molecule has 1 aromatic carbocycles. The van der Waals surface area contributed by atoms with Crippen molar-refractivity contribution in [1.29, 1.82) is 0 Å². The molecule has 4 nitrogen and oxygen atoms in total. The summed E-state index contributed by atoms with van der Waals surface area (Å²) in [5.74, 6) is 0.868. The van der Waals surface area contributed by atoms with Gasteiger partial charge in [0.2, 0.25) is 0 Å². The number of hydrogen-bond acceptors (Lipinski definition) is 3. The van der Waals surface area contributed by atoms with Crippen LogP contribution in [0.25, 0.3) is 10.9 Å². The molecule has 0 bridgehead atoms. The molecule has 2 heterocycles. The second kappa shape index (κ2) is 5.27. The number of nitrogens with zero attached hydrogens (tertiary/aromatic N) is 3. The molecular weight excluding hydrogens is 250 g/mol. The Morgan fingerprint density at radius 2 is 2.10 bits per heavy atom. The lowest BCUT2D eigenvalue weighted by molar-refractivity contribution is 0.641. The number of benzene rings is 1. The predicted octanol–water partition coefficient (Wildman–Crippen LogP) is 2.47. The van der Waals surface area contributed by atoms with Gasteiger partial charge in [-0.25, -0.2) is 9.66 Å². The van der Waals surface area contributed by atoms with E-state index in [0.717, 1.165) is 24.3 Å². The van der Waals surface area contributed by atoms with E-state index in [1.807, 2.05) is 28.9 Å². The van der Waals surface area contributed by atoms with Gasteiger partial charge < -0.3 is 5.01 Å². The van der Waals surface area contributed by atoms with E-state index in [-0.39, 0.29) is 5.56 Å². The van der Waals surface area contributed by atoms with E-state index >= 15 is 0 Å². The molecule has 1 atom stereocenters. The van der Waals surface area contributed by atoms with Crippen LogP contribution in [-0.4, -0.2) is 22.2 Å². The Labute approximate surface area is 119 Å². The molecule has 0 aliphatic carbocycles. The molecule has 1 unspecified atom stereocenters. The summed E-state index contributed by atoms with van der Waals surface area (Å²) in [6, 6.07) is 8.13. The van der Waals surface area contributed by atoms with Crippen molar-refractivity contribution >= 4 is 10.9 Å². The van der Waals surface area contributed by atoms with Crippen molar-refractivity contribution in [2.24, 2.45) is 0 Å². The minimum atomic E-state index is 0.0754. The molecule has 106 valence electrons. The van der Waals surface area contributed by atoms with Crippen molar-refractivity contribution in [2.75, 3.05) is 11.6 Å². The van der Waals surface area contributed by atoms with E-state index in [1.165, 1.54) is 19.3 Å². The van der Waals surface area contributed by atoms with Crippen LogP contribution >= 0.6 is 0 Å². The van der Waals surface area contributed by atoms with Gasteiger partial charge in [0.05, 0.1) is 23.5 Å². The summed E-state index contributed by atoms with van der Waals surface area (Å²) in [4.78, 5) is 17.3. The summed E-state index contributed by atoms with van der Waals surface area (Å²) in [6.45, 7) is 5.23. The van der Waals surface area contributed by atoms with Crippen molar-refractivity contribution in [3.05, 3.63) is 40.4 Å². The zero-order valence-electron chi connectivity index (χ0n) is 12.2. The highest BCUT2D eigenvalue weighted by Crippen LogP contribution is 2.22. The summed E-state index contributed by atoms with van der Waals surface area (Å²) >= 11 is 0. The van der Waals surface area contributed by atoms with Crippen LogP contribution in [0.5, 0.6) is 0 Å². The molecule has 0 amide bonds. The number of rotatable bonds is 5. The first-order valence-corrected chi connectivity index (χ1v) is 7.53. The highest BCUT2D eigenvalue weighted by molar-refractivity contribution is 5.77. The first-order chi connectivity index (χ1) is 9.76. The molecular formula is C16H21N3O. The molecule has 1 aliphatic rings. The van der Waals surface area contributed by atoms with Crippen LogP contribution in [0.3, 0.4) is 0 Å². The van der Waals surface area contributed by atoms with E-state index in [4.69, 9.17) is 0 Å². The molecule has 0 radical (unpaired) electrons. The van der Waals surface area contributed by atoms with Crippen molar-refractivity contribution in [3.63, 3.8) is 0 Å². The summed E-state index contributed by atoms with van der Waals surface area (Å²) < 4.78 is 1.81. The maximum atomic E-state index is 12.7. The minimum absolute atomic E-state index is 0.0754. The van der Waals surface area contributed by atoms with Gasteiger partial charge in [-0.3, -0.25) is 4.79 Å². The fraction of sp³-hybridized carbons (Fsp3) is 0.500. The summed E-state index contributed by atoms with van der Waals surface area (Å²) in [6.07, 6.45) is 4.37. The molecule has 4 heteroatoms. The molecule has 2 aromatic rings. The van der Waals surface area contributed by atoms with Gasteiger partial charge in [-0.05, 0) is 18.6 Å². The number of aryl methyl sites for hydroxylation is 1. The SMILES string of the molecule is CCCCC1CN1n1c(CC)nc2ccccc2c1=O. The van der Waals surface area contributed by atoms with Crippen LogP contribution in [0.1, 0.15) is 38.9 Å². The first-order valence-electron chi connectivity index (χ1n) is 7.53. The van der Waals surface area contributed by atoms with Crippen molar-refractivity contribution in [3.8, 4) is 0 Å². The number of aromatic nitrogens is 2. The van der Waals surface area contributed by atoms with Crippen molar-refractivity contribution < 1.29 is 0 Å². The van der Waals surface area contributed by atoms with Crippen LogP contribution in [0.2, 0.25) is 0 Å². The maximum absolute atomic E-state index is 12.7. The van der Waals surface area contributed by atoms with Crippen LogP contribution in [-0.2, 0) is 6.42 Å². The Kier molecular flexibility index (Phi) is 3.47. The highest BCUT2D eigenvalue weighted by Gasteiger charge is 2.36. The molecule has 1 aromatic heterocycles. The number of unbranched alkanes of at least 4 members (excludes halogenated alkanes) is 1. The summed E-state index contributed by atoms with van der Waals surface area (Å²) in [7, 11) is 0. The molecule has 0 spiro atoms. The molecule has 0 N–H and O–H groups in total. The number of hydrogen-bond donors (Lipinski definition) is 0. The van der Waals surface area contributed by atoms with Crippen LogP contribution in [0.15, 0.2) is 29.1 Å². The van der Waals surface area contributed by atoms with Gasteiger partial charge in [0.25, 0.3) is 5.56 Å². The van der Waals surface area contributed by atoms with E-state index < -0.39 is 0 Å². The third-order valence-electron chi connectivity index (χ3n) is 3.97. The summed E-state index contributed by atoms with van der Waals surface area (Å²) in [5.41, 5.74) is 0.879. The van der Waals surface area contributed by atoms with Gasteiger partial charge in [0.15, 0.2) is 0 Å². The zero-order chi connectivity index (χ0) is 14.1. The van der Waals surface area contributed by atoms with Gasteiger partial charge in [-0.15, -0.1) is 0 Å². The fourth-order valence-corrected chi connectivity index (χ4v) is 2.76. The Hall–Kier alpha value is -1.84. The lowest BCUT2D eigenvalue weighted by Gasteiger charge is -2.14. The number of fused-ring (bicyclic) bond motifs is 1. The van der Waals surface area contributed by atoms with Gasteiger partial charge in [0.1, 0.15) is 5.82 Å². The third kappa shape index (κ3) is 2.19. The zero-order valence-corrected chi connectivity index (χ0v) is 12.2. The second-order valence-electron chi connectivity index (χ2n) is 5.43. The molecule has 1 fully saturated rings. The molecule has 1 saturated heterocycles. The number of para-hydroxylation sites is 1. The van der Waals surface area contributed by atoms with E-state index in [0.29, 0.717) is 11.4 Å². The third-order valence-corrected chi connectivity index (χ3v) is 3.97. The largest absolute Gasteiger partial charge is 0.301 e. The quantitative estimate of drug-likeness (QED) is 0.784. The smallest absolute Gasteiger partial charge is 0.280 e. The topological polar surface area (TPSA) is 37.9 Å². The highest BCUT2D eigenvalue weighted by atomic mass is 16.1. The molecule has 1 aliphatic heterocycles. The maximum Gasteiger partial charge on any atom is 0.280 e. The summed E-state index contributed by atoms with van der Waals surface area (Å²) in [5, 5.41) is 2.88. The lowest BCUT2D eigenvalue weighted by atomic mass is 10.2. The van der Waals surface area contributed by atoms with E-state index in [9.17, 15) is 4.79 Å². The Balaban J connectivity index is 2.02. The normalized spacial score (nSPS) is 17.7. The van der Waals surface area contributed by atoms with Crippen LogP contribution in [0.4, 0.5) is 0 Å². The predicted molar refractivity (Wildman–Crippen MR) is 81.8 cm³/mol. The van der Waals surface area contributed by atoms with E-state index in [1.54, 1.807) is 0 Å². The van der Waals surface area contributed by atoms with E-state index in [2.05, 4.69) is 23.8 Å². The molecule has 3 rings (SSSR count). The Bertz CT molecular complexity index is 677. The van der Waals surface area contributed by atoms with Crippen molar-refractivity contribution in [1.82, 2.24) is 9.66 Å². The monoisotopic (exact) mass is 271 g/mol. The fourth-order valence-electron chi connectivity index (χ4n) is 2.76. The van der Waals surface area contributed by atoms with Gasteiger partial charge in [-0.2, -0.15) is 0 Å². The standard InChI is InChI=1S/C16H21N3O/c1-3-5-8-12-11-18(12)19-15(4-2)17-14-10-7-6-9-13(14)16(19)20/h6-7,9-10,12H,3-5,8,11H2,1-2H3. The minimum Gasteiger partial charge on any atom is -0.301 e.